The van der Waals surface area contributed by atoms with Gasteiger partial charge in [-0.25, -0.2) is 17.2 Å². The molecule has 0 aliphatic heterocycles. The van der Waals surface area contributed by atoms with Crippen molar-refractivity contribution >= 4 is 10.0 Å². The minimum Gasteiger partial charge on any atom is -0.284 e. The Bertz CT molecular complexity index is 743. The van der Waals surface area contributed by atoms with E-state index in [-0.39, 0.29) is 23.0 Å². The fourth-order valence-electron chi connectivity index (χ4n) is 2.11. The number of aromatic nitrogens is 2. The minimum atomic E-state index is -3.74. The summed E-state index contributed by atoms with van der Waals surface area (Å²) in [7, 11) is -3.74. The maximum Gasteiger partial charge on any atom is 0.246 e. The van der Waals surface area contributed by atoms with Crippen molar-refractivity contribution in [3.63, 3.8) is 0 Å². The number of hydrogen-bond acceptors (Lipinski definition) is 3. The van der Waals surface area contributed by atoms with Gasteiger partial charge in [-0.2, -0.15) is 9.40 Å². The van der Waals surface area contributed by atoms with Gasteiger partial charge in [-0.15, -0.1) is 0 Å². The summed E-state index contributed by atoms with van der Waals surface area (Å²) in [5, 5.41) is 6.09. The van der Waals surface area contributed by atoms with Crippen molar-refractivity contribution in [2.24, 2.45) is 0 Å². The van der Waals surface area contributed by atoms with E-state index in [0.717, 1.165) is 25.0 Å². The zero-order chi connectivity index (χ0) is 15.0. The second-order valence-electron chi connectivity index (χ2n) is 4.95. The summed E-state index contributed by atoms with van der Waals surface area (Å²) in [6.07, 6.45) is 3.97. The quantitative estimate of drug-likeness (QED) is 0.918. The molecular formula is C13H13F2N3O2S. The molecule has 1 fully saturated rings. The molecule has 1 N–H and O–H groups in total. The van der Waals surface area contributed by atoms with Gasteiger partial charge in [-0.1, -0.05) is 6.07 Å². The first-order chi connectivity index (χ1) is 9.98. The number of hydrogen-bond donors (Lipinski definition) is 1. The lowest BCUT2D eigenvalue weighted by atomic mass is 10.2. The number of rotatable bonds is 5. The average Bonchev–Trinajstić information content (AvgIpc) is 3.09. The van der Waals surface area contributed by atoms with Crippen LogP contribution in [0, 0.1) is 11.6 Å². The van der Waals surface area contributed by atoms with Gasteiger partial charge in [-0.05, 0) is 18.9 Å². The summed E-state index contributed by atoms with van der Waals surface area (Å²) in [6.45, 7) is -0.121. The Morgan fingerprint density at radius 2 is 2.10 bits per heavy atom. The summed E-state index contributed by atoms with van der Waals surface area (Å²) in [6, 6.07) is 3.00. The molecule has 0 radical (unpaired) electrons. The van der Waals surface area contributed by atoms with Crippen LogP contribution < -0.4 is 0 Å². The molecule has 1 aromatic heterocycles. The SMILES string of the molecule is O=S(=O)(c1cn[nH]c1)N(Cc1ccc(F)cc1F)C1CC1. The van der Waals surface area contributed by atoms with Crippen molar-refractivity contribution in [2.45, 2.75) is 30.3 Å². The Balaban J connectivity index is 1.93. The summed E-state index contributed by atoms with van der Waals surface area (Å²) < 4.78 is 53.0. The third-order valence-corrected chi connectivity index (χ3v) is 5.24. The van der Waals surface area contributed by atoms with E-state index in [1.165, 1.54) is 22.8 Å². The third-order valence-electron chi connectivity index (χ3n) is 3.38. The molecule has 8 heteroatoms. The summed E-state index contributed by atoms with van der Waals surface area (Å²) in [5.74, 6) is -1.44. The topological polar surface area (TPSA) is 66.1 Å². The predicted molar refractivity (Wildman–Crippen MR) is 70.7 cm³/mol. The van der Waals surface area contributed by atoms with Gasteiger partial charge >= 0.3 is 0 Å². The zero-order valence-corrected chi connectivity index (χ0v) is 11.8. The Morgan fingerprint density at radius 1 is 1.33 bits per heavy atom. The fraction of sp³-hybridized carbons (Fsp3) is 0.308. The lowest BCUT2D eigenvalue weighted by Crippen LogP contribution is -2.32. The van der Waals surface area contributed by atoms with Gasteiger partial charge < -0.3 is 0 Å². The second kappa shape index (κ2) is 5.19. The minimum absolute atomic E-state index is 0.0388. The summed E-state index contributed by atoms with van der Waals surface area (Å²) in [4.78, 5) is 0.0388. The van der Waals surface area contributed by atoms with Crippen molar-refractivity contribution in [1.29, 1.82) is 0 Å². The standard InChI is InChI=1S/C13H13F2N3O2S/c14-10-2-1-9(13(15)5-10)8-18(11-3-4-11)21(19,20)12-6-16-17-7-12/h1-2,5-7,11H,3-4,8H2,(H,16,17). The van der Waals surface area contributed by atoms with Crippen molar-refractivity contribution in [1.82, 2.24) is 14.5 Å². The molecule has 3 rings (SSSR count). The highest BCUT2D eigenvalue weighted by atomic mass is 32.2. The molecule has 21 heavy (non-hydrogen) atoms. The molecule has 0 unspecified atom stereocenters. The van der Waals surface area contributed by atoms with Crippen LogP contribution in [0.2, 0.25) is 0 Å². The lowest BCUT2D eigenvalue weighted by molar-refractivity contribution is 0.391. The van der Waals surface area contributed by atoms with Crippen molar-refractivity contribution < 1.29 is 17.2 Å². The van der Waals surface area contributed by atoms with E-state index < -0.39 is 21.7 Å². The number of nitrogens with one attached hydrogen (secondary N) is 1. The molecule has 0 saturated heterocycles. The largest absolute Gasteiger partial charge is 0.284 e. The maximum atomic E-state index is 13.7. The molecular weight excluding hydrogens is 300 g/mol. The van der Waals surface area contributed by atoms with E-state index in [0.29, 0.717) is 0 Å². The van der Waals surface area contributed by atoms with E-state index in [2.05, 4.69) is 10.2 Å². The first-order valence-electron chi connectivity index (χ1n) is 6.43. The molecule has 0 atom stereocenters. The number of sulfonamides is 1. The van der Waals surface area contributed by atoms with Crippen LogP contribution in [0.5, 0.6) is 0 Å². The maximum absolute atomic E-state index is 13.7. The van der Waals surface area contributed by atoms with Gasteiger partial charge in [0.05, 0.1) is 6.20 Å². The van der Waals surface area contributed by atoms with E-state index in [4.69, 9.17) is 0 Å². The molecule has 1 aliphatic carbocycles. The van der Waals surface area contributed by atoms with Gasteiger partial charge in [0, 0.05) is 30.4 Å². The van der Waals surface area contributed by atoms with Crippen LogP contribution in [-0.4, -0.2) is 29.0 Å². The average molecular weight is 313 g/mol. The van der Waals surface area contributed by atoms with Gasteiger partial charge in [0.15, 0.2) is 0 Å². The van der Waals surface area contributed by atoms with Gasteiger partial charge in [0.1, 0.15) is 16.5 Å². The first kappa shape index (κ1) is 14.2. The highest BCUT2D eigenvalue weighted by Crippen LogP contribution is 2.33. The Hall–Kier alpha value is -1.80. The molecule has 5 nitrogen and oxygen atoms in total. The van der Waals surface area contributed by atoms with Crippen LogP contribution in [0.3, 0.4) is 0 Å². The number of aromatic amines is 1. The predicted octanol–water partition coefficient (Wildman–Crippen LogP) is 2.04. The lowest BCUT2D eigenvalue weighted by Gasteiger charge is -2.21. The van der Waals surface area contributed by atoms with E-state index >= 15 is 0 Å². The van der Waals surface area contributed by atoms with Crippen LogP contribution >= 0.6 is 0 Å². The van der Waals surface area contributed by atoms with E-state index in [1.807, 2.05) is 0 Å². The Morgan fingerprint density at radius 3 is 2.67 bits per heavy atom. The van der Waals surface area contributed by atoms with Crippen LogP contribution in [0.15, 0.2) is 35.5 Å². The number of nitrogens with zero attached hydrogens (tertiary/aromatic N) is 2. The zero-order valence-electron chi connectivity index (χ0n) is 11.0. The first-order valence-corrected chi connectivity index (χ1v) is 7.87. The molecule has 1 aromatic carbocycles. The smallest absolute Gasteiger partial charge is 0.246 e. The number of benzene rings is 1. The van der Waals surface area contributed by atoms with Crippen LogP contribution in [0.4, 0.5) is 8.78 Å². The highest BCUT2D eigenvalue weighted by molar-refractivity contribution is 7.89. The third kappa shape index (κ3) is 2.81. The monoisotopic (exact) mass is 313 g/mol. The normalized spacial score (nSPS) is 15.6. The fourth-order valence-corrected chi connectivity index (χ4v) is 3.68. The van der Waals surface area contributed by atoms with Crippen LogP contribution in [0.1, 0.15) is 18.4 Å². The molecule has 0 spiro atoms. The second-order valence-corrected chi connectivity index (χ2v) is 6.84. The Kier molecular flexibility index (Phi) is 3.50. The van der Waals surface area contributed by atoms with Crippen LogP contribution in [0.25, 0.3) is 0 Å². The Labute approximate surface area is 120 Å². The summed E-state index contributed by atoms with van der Waals surface area (Å²) in [5.41, 5.74) is 0.148. The summed E-state index contributed by atoms with van der Waals surface area (Å²) >= 11 is 0. The molecule has 1 aliphatic rings. The number of H-pyrrole nitrogens is 1. The molecule has 1 heterocycles. The molecule has 2 aromatic rings. The molecule has 0 amide bonds. The molecule has 112 valence electrons. The van der Waals surface area contributed by atoms with E-state index in [9.17, 15) is 17.2 Å². The number of halogens is 2. The van der Waals surface area contributed by atoms with Crippen molar-refractivity contribution in [2.75, 3.05) is 0 Å². The van der Waals surface area contributed by atoms with E-state index in [1.54, 1.807) is 0 Å². The molecule has 0 bridgehead atoms. The van der Waals surface area contributed by atoms with Crippen LogP contribution in [-0.2, 0) is 16.6 Å². The molecule has 1 saturated carbocycles. The van der Waals surface area contributed by atoms with Gasteiger partial charge in [0.25, 0.3) is 0 Å². The van der Waals surface area contributed by atoms with Gasteiger partial charge in [-0.3, -0.25) is 5.10 Å². The van der Waals surface area contributed by atoms with Crippen molar-refractivity contribution in [3.8, 4) is 0 Å². The van der Waals surface area contributed by atoms with Gasteiger partial charge in [0.2, 0.25) is 10.0 Å². The van der Waals surface area contributed by atoms with Crippen molar-refractivity contribution in [3.05, 3.63) is 47.8 Å². The highest BCUT2D eigenvalue weighted by Gasteiger charge is 2.38.